The molecule has 1 unspecified atom stereocenters. The Labute approximate surface area is 206 Å². The van der Waals surface area contributed by atoms with Crippen molar-refractivity contribution in [2.24, 2.45) is 17.8 Å². The van der Waals surface area contributed by atoms with Crippen molar-refractivity contribution in [2.45, 2.75) is 51.5 Å². The molecule has 2 aromatic carbocycles. The Morgan fingerprint density at radius 2 is 1.57 bits per heavy atom. The van der Waals surface area contributed by atoms with Crippen LogP contribution in [0.2, 0.25) is 0 Å². The first-order chi connectivity index (χ1) is 16.8. The van der Waals surface area contributed by atoms with E-state index in [9.17, 15) is 14.4 Å². The lowest BCUT2D eigenvalue weighted by atomic mass is 9.97. The number of aliphatic carboxylic acids is 1. The zero-order chi connectivity index (χ0) is 24.9. The summed E-state index contributed by atoms with van der Waals surface area (Å²) >= 11 is 0. The molecule has 0 saturated heterocycles. The van der Waals surface area contributed by atoms with Gasteiger partial charge in [-0.15, -0.1) is 0 Å². The first-order valence-corrected chi connectivity index (χ1v) is 12.4. The minimum atomic E-state index is -0.931. The van der Waals surface area contributed by atoms with Crippen molar-refractivity contribution in [3.63, 3.8) is 0 Å². The number of rotatable bonds is 11. The number of hydrogen-bond acceptors (Lipinski definition) is 4. The van der Waals surface area contributed by atoms with Crippen LogP contribution in [0.5, 0.6) is 0 Å². The molecule has 3 N–H and O–H groups in total. The number of hydrogen-bond donors (Lipinski definition) is 3. The summed E-state index contributed by atoms with van der Waals surface area (Å²) in [5.41, 5.74) is 4.68. The summed E-state index contributed by atoms with van der Waals surface area (Å²) in [4.78, 5) is 36.3. The van der Waals surface area contributed by atoms with E-state index in [2.05, 4.69) is 34.9 Å². The summed E-state index contributed by atoms with van der Waals surface area (Å²) < 4.78 is 5.62. The van der Waals surface area contributed by atoms with Crippen LogP contribution in [-0.4, -0.2) is 42.3 Å². The van der Waals surface area contributed by atoms with E-state index in [1.807, 2.05) is 38.1 Å². The molecule has 0 radical (unpaired) electrons. The molecule has 7 nitrogen and oxygen atoms in total. The minimum Gasteiger partial charge on any atom is -0.481 e. The van der Waals surface area contributed by atoms with E-state index in [0.29, 0.717) is 12.5 Å². The largest absolute Gasteiger partial charge is 0.481 e. The van der Waals surface area contributed by atoms with E-state index < -0.39 is 18.1 Å². The molecule has 0 bridgehead atoms. The SMILES string of the molecule is CC(C)[C@@H](CC(=O)O)NC(=O)CC(CNC(=O)OCC1c2ccccc2-c2ccccc21)C1CC1. The molecule has 35 heavy (non-hydrogen) atoms. The van der Waals surface area contributed by atoms with Gasteiger partial charge in [-0.1, -0.05) is 62.4 Å². The fourth-order valence-corrected chi connectivity index (χ4v) is 4.98. The lowest BCUT2D eigenvalue weighted by Crippen LogP contribution is -2.42. The molecule has 7 heteroatoms. The zero-order valence-corrected chi connectivity index (χ0v) is 20.3. The van der Waals surface area contributed by atoms with Crippen LogP contribution in [-0.2, 0) is 14.3 Å². The Balaban J connectivity index is 1.29. The highest BCUT2D eigenvalue weighted by Crippen LogP contribution is 2.44. The zero-order valence-electron chi connectivity index (χ0n) is 20.3. The van der Waals surface area contributed by atoms with Crippen LogP contribution in [0.1, 0.15) is 56.6 Å². The van der Waals surface area contributed by atoms with Gasteiger partial charge >= 0.3 is 12.1 Å². The van der Waals surface area contributed by atoms with Gasteiger partial charge in [0, 0.05) is 24.9 Å². The van der Waals surface area contributed by atoms with Gasteiger partial charge in [0.15, 0.2) is 0 Å². The van der Waals surface area contributed by atoms with Crippen LogP contribution in [0.15, 0.2) is 48.5 Å². The van der Waals surface area contributed by atoms with Crippen LogP contribution < -0.4 is 10.6 Å². The van der Waals surface area contributed by atoms with Gasteiger partial charge in [-0.3, -0.25) is 9.59 Å². The number of carboxylic acids is 1. The number of amides is 2. The summed E-state index contributed by atoms with van der Waals surface area (Å²) in [6, 6.07) is 16.0. The highest BCUT2D eigenvalue weighted by Gasteiger charge is 2.34. The van der Waals surface area contributed by atoms with Gasteiger partial charge in [0.25, 0.3) is 0 Å². The molecule has 2 aromatic rings. The maximum Gasteiger partial charge on any atom is 0.407 e. The Bertz CT molecular complexity index is 1030. The fourth-order valence-electron chi connectivity index (χ4n) is 4.98. The smallest absolute Gasteiger partial charge is 0.407 e. The summed E-state index contributed by atoms with van der Waals surface area (Å²) in [7, 11) is 0. The minimum absolute atomic E-state index is 0.000332. The molecule has 0 aliphatic heterocycles. The molecular formula is C28H34N2O5. The van der Waals surface area contributed by atoms with E-state index in [1.165, 1.54) is 11.1 Å². The lowest BCUT2D eigenvalue weighted by molar-refractivity contribution is -0.138. The van der Waals surface area contributed by atoms with Gasteiger partial charge in [0.05, 0.1) is 6.42 Å². The van der Waals surface area contributed by atoms with Crippen molar-refractivity contribution in [1.82, 2.24) is 10.6 Å². The molecular weight excluding hydrogens is 444 g/mol. The third-order valence-electron chi connectivity index (χ3n) is 7.13. The Morgan fingerprint density at radius 1 is 0.971 bits per heavy atom. The van der Waals surface area contributed by atoms with Crippen molar-refractivity contribution in [2.75, 3.05) is 13.2 Å². The van der Waals surface area contributed by atoms with Crippen LogP contribution >= 0.6 is 0 Å². The highest BCUT2D eigenvalue weighted by atomic mass is 16.5. The molecule has 0 aromatic heterocycles. The van der Waals surface area contributed by atoms with Gasteiger partial charge in [-0.05, 0) is 52.8 Å². The molecule has 0 spiro atoms. The van der Waals surface area contributed by atoms with Crippen molar-refractivity contribution in [1.29, 1.82) is 0 Å². The number of carbonyl (C=O) groups excluding carboxylic acids is 2. The van der Waals surface area contributed by atoms with Crippen LogP contribution in [0, 0.1) is 17.8 Å². The van der Waals surface area contributed by atoms with E-state index >= 15 is 0 Å². The van der Waals surface area contributed by atoms with Gasteiger partial charge < -0.3 is 20.5 Å². The van der Waals surface area contributed by atoms with Gasteiger partial charge in [0.2, 0.25) is 5.91 Å². The molecule has 2 amide bonds. The van der Waals surface area contributed by atoms with Gasteiger partial charge in [-0.2, -0.15) is 0 Å². The topological polar surface area (TPSA) is 105 Å². The molecule has 1 saturated carbocycles. The van der Waals surface area contributed by atoms with E-state index in [1.54, 1.807) is 0 Å². The van der Waals surface area contributed by atoms with E-state index in [0.717, 1.165) is 24.0 Å². The van der Waals surface area contributed by atoms with Crippen molar-refractivity contribution in [3.05, 3.63) is 59.7 Å². The number of carbonyl (C=O) groups is 3. The van der Waals surface area contributed by atoms with E-state index in [-0.39, 0.29) is 43.1 Å². The standard InChI is InChI=1S/C28H34N2O5/c1-17(2)25(14-27(32)33)30-26(31)13-19(18-11-12-18)15-29-28(34)35-16-24-22-9-5-3-7-20(22)21-8-4-6-10-23(21)24/h3-10,17-19,24-25H,11-16H2,1-2H3,(H,29,34)(H,30,31)(H,32,33)/t19?,25-/m1/s1. The average molecular weight is 479 g/mol. The molecule has 2 aliphatic carbocycles. The number of benzene rings is 2. The second kappa shape index (κ2) is 10.9. The van der Waals surface area contributed by atoms with Crippen LogP contribution in [0.3, 0.4) is 0 Å². The monoisotopic (exact) mass is 478 g/mol. The highest BCUT2D eigenvalue weighted by molar-refractivity contribution is 5.79. The molecule has 186 valence electrons. The second-order valence-electron chi connectivity index (χ2n) is 10.0. The predicted octanol–water partition coefficient (Wildman–Crippen LogP) is 4.56. The summed E-state index contributed by atoms with van der Waals surface area (Å²) in [6.07, 6.45) is 1.75. The maximum absolute atomic E-state index is 12.6. The quantitative estimate of drug-likeness (QED) is 0.439. The number of nitrogens with one attached hydrogen (secondary N) is 2. The van der Waals surface area contributed by atoms with E-state index in [4.69, 9.17) is 9.84 Å². The van der Waals surface area contributed by atoms with Gasteiger partial charge in [-0.25, -0.2) is 4.79 Å². The van der Waals surface area contributed by atoms with Crippen LogP contribution in [0.25, 0.3) is 11.1 Å². The first-order valence-electron chi connectivity index (χ1n) is 12.4. The number of alkyl carbamates (subject to hydrolysis) is 1. The summed E-state index contributed by atoms with van der Waals surface area (Å²) in [5.74, 6) is -0.677. The Morgan fingerprint density at radius 3 is 2.11 bits per heavy atom. The Hall–Kier alpha value is -3.35. The van der Waals surface area contributed by atoms with Crippen molar-refractivity contribution in [3.8, 4) is 11.1 Å². The third kappa shape index (κ3) is 6.21. The molecule has 2 aliphatic rings. The third-order valence-corrected chi connectivity index (χ3v) is 7.13. The molecule has 0 heterocycles. The molecule has 2 atom stereocenters. The fraction of sp³-hybridized carbons (Fsp3) is 0.464. The number of carboxylic acid groups (broad SMARTS) is 1. The molecule has 1 fully saturated rings. The van der Waals surface area contributed by atoms with Crippen LogP contribution in [0.4, 0.5) is 4.79 Å². The Kier molecular flexibility index (Phi) is 7.73. The normalized spacial score (nSPS) is 16.2. The lowest BCUT2D eigenvalue weighted by Gasteiger charge is -2.23. The van der Waals surface area contributed by atoms with Gasteiger partial charge in [0.1, 0.15) is 6.61 Å². The van der Waals surface area contributed by atoms with Crippen molar-refractivity contribution < 1.29 is 24.2 Å². The summed E-state index contributed by atoms with van der Waals surface area (Å²) in [5, 5.41) is 14.8. The molecule has 4 rings (SSSR count). The summed E-state index contributed by atoms with van der Waals surface area (Å²) in [6.45, 7) is 4.40. The number of ether oxygens (including phenoxy) is 1. The predicted molar refractivity (Wildman–Crippen MR) is 133 cm³/mol. The second-order valence-corrected chi connectivity index (χ2v) is 10.0. The number of fused-ring (bicyclic) bond motifs is 3. The first kappa shape index (κ1) is 24.8. The maximum atomic E-state index is 12.6. The van der Waals surface area contributed by atoms with Crippen molar-refractivity contribution >= 4 is 18.0 Å². The average Bonchev–Trinajstić information content (AvgIpc) is 3.62.